The van der Waals surface area contributed by atoms with Crippen LogP contribution in [-0.2, 0) is 17.9 Å². The second-order valence-corrected chi connectivity index (χ2v) is 8.60. The fraction of sp³-hybridized carbons (Fsp3) is 0.385. The average molecular weight is 434 g/mol. The number of ether oxygens (including phenoxy) is 1. The molecular formula is C26H31N3O3. The van der Waals surface area contributed by atoms with Crippen molar-refractivity contribution < 1.29 is 13.9 Å². The van der Waals surface area contributed by atoms with E-state index in [0.29, 0.717) is 32.1 Å². The SMILES string of the molecule is COc1ccc(-c2nc(CN3CCN(Cc4cccc(C)c4)C(=O)C3)c(C)o2)c(C)c1C. The first-order valence-electron chi connectivity index (χ1n) is 11.0. The Morgan fingerprint density at radius 2 is 1.84 bits per heavy atom. The largest absolute Gasteiger partial charge is 0.496 e. The molecule has 1 aromatic heterocycles. The third-order valence-electron chi connectivity index (χ3n) is 6.31. The maximum absolute atomic E-state index is 12.8. The monoisotopic (exact) mass is 433 g/mol. The van der Waals surface area contributed by atoms with Gasteiger partial charge in [-0.2, -0.15) is 0 Å². The van der Waals surface area contributed by atoms with E-state index in [9.17, 15) is 4.79 Å². The Morgan fingerprint density at radius 1 is 1.03 bits per heavy atom. The highest BCUT2D eigenvalue weighted by molar-refractivity contribution is 5.79. The summed E-state index contributed by atoms with van der Waals surface area (Å²) in [5.74, 6) is 2.42. The number of aromatic nitrogens is 1. The van der Waals surface area contributed by atoms with Crippen LogP contribution in [0.2, 0.25) is 0 Å². The number of rotatable bonds is 6. The van der Waals surface area contributed by atoms with Crippen molar-refractivity contribution in [2.24, 2.45) is 0 Å². The molecule has 2 aromatic carbocycles. The summed E-state index contributed by atoms with van der Waals surface area (Å²) in [5.41, 5.74) is 6.42. The predicted molar refractivity (Wildman–Crippen MR) is 125 cm³/mol. The predicted octanol–water partition coefficient (Wildman–Crippen LogP) is 4.43. The highest BCUT2D eigenvalue weighted by Crippen LogP contribution is 2.31. The molecular weight excluding hydrogens is 402 g/mol. The van der Waals surface area contributed by atoms with Gasteiger partial charge >= 0.3 is 0 Å². The molecule has 1 aliphatic heterocycles. The molecule has 168 valence electrons. The quantitative estimate of drug-likeness (QED) is 0.576. The van der Waals surface area contributed by atoms with Crippen LogP contribution < -0.4 is 4.74 Å². The van der Waals surface area contributed by atoms with E-state index in [1.165, 1.54) is 11.1 Å². The van der Waals surface area contributed by atoms with E-state index in [4.69, 9.17) is 14.1 Å². The lowest BCUT2D eigenvalue weighted by molar-refractivity contribution is -0.136. The van der Waals surface area contributed by atoms with E-state index >= 15 is 0 Å². The first kappa shape index (κ1) is 22.1. The number of aryl methyl sites for hydroxylation is 2. The zero-order chi connectivity index (χ0) is 22.8. The molecule has 0 atom stereocenters. The smallest absolute Gasteiger partial charge is 0.237 e. The summed E-state index contributed by atoms with van der Waals surface area (Å²) in [6.45, 7) is 11.3. The van der Waals surface area contributed by atoms with Gasteiger partial charge in [-0.25, -0.2) is 4.98 Å². The Bertz CT molecular complexity index is 1140. The maximum Gasteiger partial charge on any atom is 0.237 e. The molecule has 1 aliphatic rings. The number of hydrogen-bond acceptors (Lipinski definition) is 5. The van der Waals surface area contributed by atoms with Gasteiger partial charge in [-0.1, -0.05) is 29.8 Å². The van der Waals surface area contributed by atoms with Gasteiger partial charge in [0.2, 0.25) is 11.8 Å². The van der Waals surface area contributed by atoms with Crippen molar-refractivity contribution in [3.63, 3.8) is 0 Å². The minimum Gasteiger partial charge on any atom is -0.496 e. The van der Waals surface area contributed by atoms with Gasteiger partial charge in [-0.3, -0.25) is 9.69 Å². The number of amides is 1. The minimum atomic E-state index is 0.153. The summed E-state index contributed by atoms with van der Waals surface area (Å²) >= 11 is 0. The molecule has 6 heteroatoms. The first-order valence-corrected chi connectivity index (χ1v) is 11.0. The number of oxazole rings is 1. The minimum absolute atomic E-state index is 0.153. The van der Waals surface area contributed by atoms with E-state index in [0.717, 1.165) is 40.4 Å². The molecule has 32 heavy (non-hydrogen) atoms. The van der Waals surface area contributed by atoms with Gasteiger partial charge in [-0.05, 0) is 56.5 Å². The Kier molecular flexibility index (Phi) is 6.33. The van der Waals surface area contributed by atoms with Crippen molar-refractivity contribution in [2.45, 2.75) is 40.8 Å². The summed E-state index contributed by atoms with van der Waals surface area (Å²) in [5, 5.41) is 0. The maximum atomic E-state index is 12.8. The topological polar surface area (TPSA) is 58.8 Å². The van der Waals surface area contributed by atoms with Crippen LogP contribution in [0, 0.1) is 27.7 Å². The van der Waals surface area contributed by atoms with Crippen molar-refractivity contribution in [1.82, 2.24) is 14.8 Å². The third-order valence-corrected chi connectivity index (χ3v) is 6.31. The Labute approximate surface area is 189 Å². The average Bonchev–Trinajstić information content (AvgIpc) is 3.12. The highest BCUT2D eigenvalue weighted by Gasteiger charge is 2.26. The van der Waals surface area contributed by atoms with Crippen LogP contribution >= 0.6 is 0 Å². The van der Waals surface area contributed by atoms with E-state index in [-0.39, 0.29) is 5.91 Å². The van der Waals surface area contributed by atoms with Gasteiger partial charge in [-0.15, -0.1) is 0 Å². The standard InChI is InChI=1S/C26H31N3O3/c1-17-7-6-8-21(13-17)14-29-12-11-28(16-25(29)30)15-23-20(4)32-26(27-23)22-9-10-24(31-5)19(3)18(22)2/h6-10,13H,11-12,14-16H2,1-5H3. The van der Waals surface area contributed by atoms with Crippen molar-refractivity contribution in [3.8, 4) is 17.2 Å². The Hall–Kier alpha value is -3.12. The van der Waals surface area contributed by atoms with Gasteiger partial charge in [0.25, 0.3) is 0 Å². The molecule has 3 aromatic rings. The fourth-order valence-electron chi connectivity index (χ4n) is 4.24. The van der Waals surface area contributed by atoms with Gasteiger partial charge < -0.3 is 14.1 Å². The number of hydrogen-bond donors (Lipinski definition) is 0. The van der Waals surface area contributed by atoms with Crippen LogP contribution in [0.5, 0.6) is 5.75 Å². The van der Waals surface area contributed by atoms with Gasteiger partial charge in [0.15, 0.2) is 0 Å². The van der Waals surface area contributed by atoms with Crippen LogP contribution in [-0.4, -0.2) is 47.4 Å². The summed E-state index contributed by atoms with van der Waals surface area (Å²) < 4.78 is 11.4. The van der Waals surface area contributed by atoms with Crippen LogP contribution in [0.15, 0.2) is 40.8 Å². The molecule has 4 rings (SSSR count). The summed E-state index contributed by atoms with van der Waals surface area (Å²) in [6, 6.07) is 12.3. The molecule has 0 spiro atoms. The lowest BCUT2D eigenvalue weighted by Gasteiger charge is -2.34. The van der Waals surface area contributed by atoms with Crippen LogP contribution in [0.1, 0.15) is 33.7 Å². The van der Waals surface area contributed by atoms with Crippen molar-refractivity contribution in [3.05, 3.63) is 70.1 Å². The van der Waals surface area contributed by atoms with Gasteiger partial charge in [0, 0.05) is 31.7 Å². The number of piperazine rings is 1. The van der Waals surface area contributed by atoms with E-state index < -0.39 is 0 Å². The number of carbonyl (C=O) groups excluding carboxylic acids is 1. The molecule has 0 unspecified atom stereocenters. The van der Waals surface area contributed by atoms with Crippen molar-refractivity contribution in [2.75, 3.05) is 26.7 Å². The van der Waals surface area contributed by atoms with E-state index in [1.54, 1.807) is 7.11 Å². The van der Waals surface area contributed by atoms with E-state index in [2.05, 4.69) is 36.9 Å². The zero-order valence-corrected chi connectivity index (χ0v) is 19.6. The summed E-state index contributed by atoms with van der Waals surface area (Å²) in [7, 11) is 1.68. The molecule has 0 N–H and O–H groups in total. The summed E-state index contributed by atoms with van der Waals surface area (Å²) in [6.07, 6.45) is 0. The molecule has 6 nitrogen and oxygen atoms in total. The Balaban J connectivity index is 1.43. The van der Waals surface area contributed by atoms with Crippen LogP contribution in [0.3, 0.4) is 0 Å². The van der Waals surface area contributed by atoms with Crippen molar-refractivity contribution in [1.29, 1.82) is 0 Å². The van der Waals surface area contributed by atoms with Gasteiger partial charge in [0.05, 0.1) is 19.3 Å². The third kappa shape index (κ3) is 4.55. The number of carbonyl (C=O) groups is 1. The zero-order valence-electron chi connectivity index (χ0n) is 19.6. The molecule has 0 bridgehead atoms. The molecule has 0 aliphatic carbocycles. The van der Waals surface area contributed by atoms with Crippen LogP contribution in [0.25, 0.3) is 11.5 Å². The second kappa shape index (κ2) is 9.17. The number of nitrogens with zero attached hydrogens (tertiary/aromatic N) is 3. The van der Waals surface area contributed by atoms with Crippen LogP contribution in [0.4, 0.5) is 0 Å². The molecule has 1 fully saturated rings. The molecule has 1 saturated heterocycles. The first-order chi connectivity index (χ1) is 15.4. The second-order valence-electron chi connectivity index (χ2n) is 8.60. The number of benzene rings is 2. The Morgan fingerprint density at radius 3 is 2.56 bits per heavy atom. The fourth-order valence-corrected chi connectivity index (χ4v) is 4.24. The lowest BCUT2D eigenvalue weighted by atomic mass is 10.0. The van der Waals surface area contributed by atoms with Crippen molar-refractivity contribution >= 4 is 5.91 Å². The normalized spacial score (nSPS) is 14.8. The molecule has 2 heterocycles. The van der Waals surface area contributed by atoms with E-state index in [1.807, 2.05) is 36.9 Å². The number of methoxy groups -OCH3 is 1. The summed E-state index contributed by atoms with van der Waals surface area (Å²) in [4.78, 5) is 21.6. The molecule has 0 saturated carbocycles. The molecule has 1 amide bonds. The molecule has 0 radical (unpaired) electrons. The lowest BCUT2D eigenvalue weighted by Crippen LogP contribution is -2.49. The van der Waals surface area contributed by atoms with Gasteiger partial charge in [0.1, 0.15) is 11.5 Å². The highest BCUT2D eigenvalue weighted by atomic mass is 16.5.